The number of carbonyl (C=O) groups is 2. The highest BCUT2D eigenvalue weighted by molar-refractivity contribution is 5.94. The maximum atomic E-state index is 12.1. The Morgan fingerprint density at radius 3 is 2.18 bits per heavy atom. The molecule has 0 amide bonds. The number of hydrogen-bond donors (Lipinski definition) is 0. The minimum Gasteiger partial charge on any atom is -0.474 e. The van der Waals surface area contributed by atoms with Gasteiger partial charge in [-0.15, -0.1) is 0 Å². The van der Waals surface area contributed by atoms with Gasteiger partial charge in [0.1, 0.15) is 5.75 Å². The average molecular weight is 298 g/mol. The molecule has 2 rings (SSSR count). The minimum atomic E-state index is -0.829. The topological polar surface area (TPSA) is 52.6 Å². The van der Waals surface area contributed by atoms with Crippen molar-refractivity contribution in [2.45, 2.75) is 20.0 Å². The first-order valence-corrected chi connectivity index (χ1v) is 7.11. The number of hydrogen-bond acceptors (Lipinski definition) is 4. The second-order valence-corrected chi connectivity index (χ2v) is 4.74. The van der Waals surface area contributed by atoms with Crippen molar-refractivity contribution in [2.75, 3.05) is 6.61 Å². The monoisotopic (exact) mass is 298 g/mol. The summed E-state index contributed by atoms with van der Waals surface area (Å²) in [5.41, 5.74) is 1.32. The van der Waals surface area contributed by atoms with E-state index in [1.807, 2.05) is 30.3 Å². The largest absolute Gasteiger partial charge is 0.474 e. The Balaban J connectivity index is 2.22. The number of rotatable bonds is 6. The molecule has 0 bridgehead atoms. The summed E-state index contributed by atoms with van der Waals surface area (Å²) in [7, 11) is 0. The Morgan fingerprint density at radius 2 is 1.64 bits per heavy atom. The molecule has 0 fully saturated rings. The zero-order chi connectivity index (χ0) is 15.9. The van der Waals surface area contributed by atoms with E-state index in [0.29, 0.717) is 11.3 Å². The van der Waals surface area contributed by atoms with Crippen molar-refractivity contribution < 1.29 is 19.1 Å². The standard InChI is InChI=1S/C18H18O4/c1-3-21-18(20)17(15-7-5-4-6-8-15)22-16-11-9-14(10-12-16)13(2)19/h4-12,17H,3H2,1-2H3. The summed E-state index contributed by atoms with van der Waals surface area (Å²) in [6.07, 6.45) is -0.829. The molecule has 0 N–H and O–H groups in total. The summed E-state index contributed by atoms with van der Waals surface area (Å²) in [5.74, 6) is 0.0489. The molecule has 1 unspecified atom stereocenters. The van der Waals surface area contributed by atoms with E-state index in [4.69, 9.17) is 9.47 Å². The van der Waals surface area contributed by atoms with Crippen molar-refractivity contribution in [3.8, 4) is 5.75 Å². The van der Waals surface area contributed by atoms with Gasteiger partial charge in [-0.05, 0) is 38.1 Å². The van der Waals surface area contributed by atoms with Crippen molar-refractivity contribution in [1.29, 1.82) is 0 Å². The molecule has 0 saturated heterocycles. The number of esters is 1. The van der Waals surface area contributed by atoms with E-state index in [-0.39, 0.29) is 12.4 Å². The van der Waals surface area contributed by atoms with Crippen LogP contribution in [0.5, 0.6) is 5.75 Å². The van der Waals surface area contributed by atoms with Crippen LogP contribution in [0.1, 0.15) is 35.9 Å². The van der Waals surface area contributed by atoms with Gasteiger partial charge in [-0.25, -0.2) is 4.79 Å². The van der Waals surface area contributed by atoms with Crippen molar-refractivity contribution >= 4 is 11.8 Å². The van der Waals surface area contributed by atoms with Gasteiger partial charge in [0.05, 0.1) is 6.61 Å². The highest BCUT2D eigenvalue weighted by atomic mass is 16.6. The van der Waals surface area contributed by atoms with Crippen LogP contribution < -0.4 is 4.74 Å². The van der Waals surface area contributed by atoms with Gasteiger partial charge in [0.2, 0.25) is 6.10 Å². The molecule has 0 aliphatic carbocycles. The third kappa shape index (κ3) is 3.95. The molecule has 114 valence electrons. The van der Waals surface area contributed by atoms with Gasteiger partial charge < -0.3 is 9.47 Å². The Hall–Kier alpha value is -2.62. The number of carbonyl (C=O) groups excluding carboxylic acids is 2. The fourth-order valence-corrected chi connectivity index (χ4v) is 2.00. The Labute approximate surface area is 129 Å². The van der Waals surface area contributed by atoms with Crippen LogP contribution in [0.15, 0.2) is 54.6 Å². The zero-order valence-corrected chi connectivity index (χ0v) is 12.6. The van der Waals surface area contributed by atoms with Gasteiger partial charge in [-0.3, -0.25) is 4.79 Å². The van der Waals surface area contributed by atoms with E-state index in [2.05, 4.69) is 0 Å². The normalized spacial score (nSPS) is 11.5. The summed E-state index contributed by atoms with van der Waals surface area (Å²) in [6, 6.07) is 15.9. The van der Waals surface area contributed by atoms with Crippen LogP contribution in [0.2, 0.25) is 0 Å². The molecule has 0 saturated carbocycles. The van der Waals surface area contributed by atoms with Crippen LogP contribution in [0.3, 0.4) is 0 Å². The Morgan fingerprint density at radius 1 is 1.00 bits per heavy atom. The highest BCUT2D eigenvalue weighted by Crippen LogP contribution is 2.23. The second-order valence-electron chi connectivity index (χ2n) is 4.74. The molecule has 1 atom stereocenters. The molecular weight excluding hydrogens is 280 g/mol. The number of ketones is 1. The lowest BCUT2D eigenvalue weighted by Crippen LogP contribution is -2.21. The van der Waals surface area contributed by atoms with Gasteiger partial charge >= 0.3 is 5.97 Å². The van der Waals surface area contributed by atoms with E-state index in [9.17, 15) is 9.59 Å². The summed E-state index contributed by atoms with van der Waals surface area (Å²) in [5, 5.41) is 0. The van der Waals surface area contributed by atoms with Crippen molar-refractivity contribution in [2.24, 2.45) is 0 Å². The first kappa shape index (κ1) is 15.8. The summed E-state index contributed by atoms with van der Waals surface area (Å²) >= 11 is 0. The third-order valence-corrected chi connectivity index (χ3v) is 3.12. The SMILES string of the molecule is CCOC(=O)C(Oc1ccc(C(C)=O)cc1)c1ccccc1. The smallest absolute Gasteiger partial charge is 0.352 e. The maximum Gasteiger partial charge on any atom is 0.352 e. The van der Waals surface area contributed by atoms with Crippen molar-refractivity contribution in [3.05, 3.63) is 65.7 Å². The van der Waals surface area contributed by atoms with Gasteiger partial charge in [-0.2, -0.15) is 0 Å². The maximum absolute atomic E-state index is 12.1. The van der Waals surface area contributed by atoms with Crippen molar-refractivity contribution in [3.63, 3.8) is 0 Å². The zero-order valence-electron chi connectivity index (χ0n) is 12.6. The van der Waals surface area contributed by atoms with Crippen LogP contribution >= 0.6 is 0 Å². The predicted molar refractivity (Wildman–Crippen MR) is 82.9 cm³/mol. The van der Waals surface area contributed by atoms with Gasteiger partial charge in [0.15, 0.2) is 5.78 Å². The van der Waals surface area contributed by atoms with Crippen LogP contribution in [-0.2, 0) is 9.53 Å². The molecule has 4 heteroatoms. The molecule has 0 heterocycles. The highest BCUT2D eigenvalue weighted by Gasteiger charge is 2.23. The van der Waals surface area contributed by atoms with E-state index in [0.717, 1.165) is 5.56 Å². The Bertz CT molecular complexity index is 632. The molecular formula is C18H18O4. The van der Waals surface area contributed by atoms with Crippen LogP contribution in [0.25, 0.3) is 0 Å². The van der Waals surface area contributed by atoms with E-state index in [1.165, 1.54) is 6.92 Å². The third-order valence-electron chi connectivity index (χ3n) is 3.12. The first-order chi connectivity index (χ1) is 10.6. The molecule has 0 aromatic heterocycles. The molecule has 0 aliphatic heterocycles. The van der Waals surface area contributed by atoms with Gasteiger partial charge in [-0.1, -0.05) is 30.3 Å². The fourth-order valence-electron chi connectivity index (χ4n) is 2.00. The molecule has 0 aliphatic rings. The van der Waals surface area contributed by atoms with Gasteiger partial charge in [0.25, 0.3) is 0 Å². The summed E-state index contributed by atoms with van der Waals surface area (Å²) < 4.78 is 10.8. The quantitative estimate of drug-likeness (QED) is 0.604. The van der Waals surface area contributed by atoms with Gasteiger partial charge in [0, 0.05) is 11.1 Å². The molecule has 0 radical (unpaired) electrons. The fraction of sp³-hybridized carbons (Fsp3) is 0.222. The number of benzene rings is 2. The molecule has 2 aromatic rings. The van der Waals surface area contributed by atoms with E-state index >= 15 is 0 Å². The summed E-state index contributed by atoms with van der Waals surface area (Å²) in [6.45, 7) is 3.54. The lowest BCUT2D eigenvalue weighted by molar-refractivity contribution is -0.151. The first-order valence-electron chi connectivity index (χ1n) is 7.11. The van der Waals surface area contributed by atoms with Crippen LogP contribution in [-0.4, -0.2) is 18.4 Å². The lowest BCUT2D eigenvalue weighted by atomic mass is 10.1. The van der Waals surface area contributed by atoms with Crippen LogP contribution in [0, 0.1) is 0 Å². The van der Waals surface area contributed by atoms with E-state index in [1.54, 1.807) is 31.2 Å². The minimum absolute atomic E-state index is 0.0171. The molecule has 0 spiro atoms. The van der Waals surface area contributed by atoms with E-state index < -0.39 is 12.1 Å². The molecule has 22 heavy (non-hydrogen) atoms. The predicted octanol–water partition coefficient (Wildman–Crippen LogP) is 3.57. The molecule has 4 nitrogen and oxygen atoms in total. The van der Waals surface area contributed by atoms with Crippen LogP contribution in [0.4, 0.5) is 0 Å². The van der Waals surface area contributed by atoms with Crippen molar-refractivity contribution in [1.82, 2.24) is 0 Å². The summed E-state index contributed by atoms with van der Waals surface area (Å²) in [4.78, 5) is 23.4. The molecule has 2 aromatic carbocycles. The Kier molecular flexibility index (Phi) is 5.31. The number of Topliss-reactive ketones (excluding diaryl/α,β-unsaturated/α-hetero) is 1. The lowest BCUT2D eigenvalue weighted by Gasteiger charge is -2.18. The second kappa shape index (κ2) is 7.41. The average Bonchev–Trinajstić information content (AvgIpc) is 2.54. The number of ether oxygens (including phenoxy) is 2.